The van der Waals surface area contributed by atoms with Gasteiger partial charge in [-0.15, -0.1) is 0 Å². The van der Waals surface area contributed by atoms with Gasteiger partial charge in [0.2, 0.25) is 5.91 Å². The molecule has 0 aliphatic heterocycles. The Hall–Kier alpha value is -1.04. The zero-order valence-corrected chi connectivity index (χ0v) is 10.7. The molecule has 0 saturated carbocycles. The third-order valence-corrected chi connectivity index (χ3v) is 2.41. The number of carbonyl (C=O) groups excluding carboxylic acids is 1. The predicted molar refractivity (Wildman–Crippen MR) is 70.2 cm³/mol. The fourth-order valence-electron chi connectivity index (χ4n) is 0.777. The highest BCUT2D eigenvalue weighted by atomic mass is 32.2. The van der Waals surface area contributed by atoms with Gasteiger partial charge in [-0.3, -0.25) is 9.93 Å². The van der Waals surface area contributed by atoms with Crippen LogP contribution in [0.2, 0.25) is 0 Å². The average Bonchev–Trinajstić information content (AvgIpc) is 2.22. The van der Waals surface area contributed by atoms with Crippen molar-refractivity contribution < 1.29 is 4.79 Å². The summed E-state index contributed by atoms with van der Waals surface area (Å²) in [5.41, 5.74) is 5.32. The van der Waals surface area contributed by atoms with Crippen molar-refractivity contribution in [3.05, 3.63) is 35.4 Å². The number of carbonyl (C=O) groups is 1. The summed E-state index contributed by atoms with van der Waals surface area (Å²) >= 11 is 1.10. The summed E-state index contributed by atoms with van der Waals surface area (Å²) in [4.78, 5) is 12.4. The topological polar surface area (TPSA) is 81.1 Å². The molecule has 90 valence electrons. The molecule has 0 aromatic heterocycles. The maximum Gasteiger partial charge on any atom is 0.243 e. The highest BCUT2D eigenvalue weighted by Gasteiger charge is 2.21. The minimum absolute atomic E-state index is 0.267. The first-order chi connectivity index (χ1) is 7.35. The van der Waals surface area contributed by atoms with Crippen LogP contribution in [0.5, 0.6) is 0 Å². The number of nitrogens with one attached hydrogen (secondary N) is 1. The van der Waals surface area contributed by atoms with Crippen LogP contribution in [-0.4, -0.2) is 11.4 Å². The molecule has 4 nitrogen and oxygen atoms in total. The SMILES string of the molecule is C=C/C(=C\C(=C/C)SN)NC(=O)C(C)(C)N. The van der Waals surface area contributed by atoms with E-state index in [0.29, 0.717) is 5.70 Å². The summed E-state index contributed by atoms with van der Waals surface area (Å²) in [5.74, 6) is -0.267. The van der Waals surface area contributed by atoms with E-state index in [-0.39, 0.29) is 5.91 Å². The lowest BCUT2D eigenvalue weighted by molar-refractivity contribution is -0.124. The highest BCUT2D eigenvalue weighted by Crippen LogP contribution is 2.12. The lowest BCUT2D eigenvalue weighted by Crippen LogP contribution is -2.48. The minimum Gasteiger partial charge on any atom is -0.324 e. The second-order valence-corrected chi connectivity index (χ2v) is 4.50. The van der Waals surface area contributed by atoms with E-state index >= 15 is 0 Å². The van der Waals surface area contributed by atoms with Gasteiger partial charge in [0.1, 0.15) is 0 Å². The van der Waals surface area contributed by atoms with Crippen LogP contribution in [0, 0.1) is 0 Å². The van der Waals surface area contributed by atoms with E-state index in [9.17, 15) is 4.79 Å². The normalized spacial score (nSPS) is 13.6. The summed E-state index contributed by atoms with van der Waals surface area (Å²) in [5, 5.41) is 8.11. The van der Waals surface area contributed by atoms with Crippen molar-refractivity contribution in [2.45, 2.75) is 26.3 Å². The number of nitrogens with two attached hydrogens (primary N) is 2. The van der Waals surface area contributed by atoms with E-state index in [1.54, 1.807) is 26.0 Å². The molecule has 5 heteroatoms. The zero-order valence-electron chi connectivity index (χ0n) is 9.91. The number of amides is 1. The molecule has 5 N–H and O–H groups in total. The van der Waals surface area contributed by atoms with Gasteiger partial charge in [-0.1, -0.05) is 12.7 Å². The van der Waals surface area contributed by atoms with Crippen LogP contribution in [0.15, 0.2) is 35.4 Å². The van der Waals surface area contributed by atoms with Crippen LogP contribution in [-0.2, 0) is 4.79 Å². The van der Waals surface area contributed by atoms with Crippen molar-refractivity contribution in [1.29, 1.82) is 0 Å². The maximum absolute atomic E-state index is 11.6. The quantitative estimate of drug-likeness (QED) is 0.502. The van der Waals surface area contributed by atoms with Crippen LogP contribution in [0.3, 0.4) is 0 Å². The number of rotatable bonds is 5. The van der Waals surface area contributed by atoms with Gasteiger partial charge in [-0.05, 0) is 44.9 Å². The molecule has 0 heterocycles. The van der Waals surface area contributed by atoms with Gasteiger partial charge >= 0.3 is 0 Å². The molecule has 0 aliphatic carbocycles. The summed E-state index contributed by atoms with van der Waals surface area (Å²) in [7, 11) is 0. The Labute approximate surface area is 101 Å². The molecule has 0 saturated heterocycles. The molecule has 0 atom stereocenters. The number of allylic oxidation sites excluding steroid dienone is 3. The number of hydrogen-bond donors (Lipinski definition) is 3. The summed E-state index contributed by atoms with van der Waals surface area (Å²) in [6.45, 7) is 8.75. The maximum atomic E-state index is 11.6. The Kier molecular flexibility index (Phi) is 6.10. The van der Waals surface area contributed by atoms with Gasteiger partial charge in [0.05, 0.1) is 5.54 Å². The van der Waals surface area contributed by atoms with E-state index < -0.39 is 5.54 Å². The summed E-state index contributed by atoms with van der Waals surface area (Å²) in [6.07, 6.45) is 5.12. The van der Waals surface area contributed by atoms with Crippen LogP contribution in [0.25, 0.3) is 0 Å². The smallest absolute Gasteiger partial charge is 0.243 e. The Bertz CT molecular complexity index is 327. The molecule has 1 amide bonds. The Morgan fingerprint density at radius 2 is 2.06 bits per heavy atom. The molecule has 0 unspecified atom stereocenters. The van der Waals surface area contributed by atoms with E-state index in [0.717, 1.165) is 16.9 Å². The van der Waals surface area contributed by atoms with Crippen LogP contribution >= 0.6 is 11.9 Å². The molecule has 16 heavy (non-hydrogen) atoms. The van der Waals surface area contributed by atoms with E-state index in [2.05, 4.69) is 11.9 Å². The van der Waals surface area contributed by atoms with Gasteiger partial charge < -0.3 is 11.1 Å². The van der Waals surface area contributed by atoms with Crippen molar-refractivity contribution in [2.24, 2.45) is 10.9 Å². The van der Waals surface area contributed by atoms with Crippen molar-refractivity contribution >= 4 is 17.9 Å². The summed E-state index contributed by atoms with van der Waals surface area (Å²) < 4.78 is 0. The van der Waals surface area contributed by atoms with Gasteiger partial charge in [-0.2, -0.15) is 0 Å². The van der Waals surface area contributed by atoms with E-state index in [1.807, 2.05) is 13.0 Å². The lowest BCUT2D eigenvalue weighted by atomic mass is 10.1. The van der Waals surface area contributed by atoms with Crippen LogP contribution in [0.1, 0.15) is 20.8 Å². The molecule has 0 aromatic rings. The predicted octanol–water partition coefficient (Wildman–Crippen LogP) is 1.42. The standard InChI is InChI=1S/C11H19N3OS/c1-5-8(7-9(6-2)16-13)14-10(15)11(3,4)12/h5-7H,1,12-13H2,2-4H3,(H,14,15)/b8-7+,9-6+. The molecular formula is C11H19N3OS. The Morgan fingerprint density at radius 3 is 2.38 bits per heavy atom. The first-order valence-electron chi connectivity index (χ1n) is 4.82. The number of hydrogen-bond acceptors (Lipinski definition) is 4. The summed E-state index contributed by atoms with van der Waals surface area (Å²) in [6, 6.07) is 0. The molecule has 0 aliphatic rings. The molecule has 0 bridgehead atoms. The molecule has 0 radical (unpaired) electrons. The van der Waals surface area contributed by atoms with Gasteiger partial charge in [0.15, 0.2) is 0 Å². The van der Waals surface area contributed by atoms with Gasteiger partial charge in [0, 0.05) is 10.6 Å². The molecule has 0 rings (SSSR count). The Morgan fingerprint density at radius 1 is 1.50 bits per heavy atom. The van der Waals surface area contributed by atoms with Crippen LogP contribution < -0.4 is 16.2 Å². The van der Waals surface area contributed by atoms with Gasteiger partial charge in [0.25, 0.3) is 0 Å². The second-order valence-electron chi connectivity index (χ2n) is 3.79. The van der Waals surface area contributed by atoms with E-state index in [1.165, 1.54) is 0 Å². The van der Waals surface area contributed by atoms with Crippen molar-refractivity contribution in [2.75, 3.05) is 0 Å². The van der Waals surface area contributed by atoms with Crippen molar-refractivity contribution in [3.8, 4) is 0 Å². The fraction of sp³-hybridized carbons (Fsp3) is 0.364. The van der Waals surface area contributed by atoms with Crippen molar-refractivity contribution in [3.63, 3.8) is 0 Å². The largest absolute Gasteiger partial charge is 0.324 e. The monoisotopic (exact) mass is 241 g/mol. The van der Waals surface area contributed by atoms with Crippen molar-refractivity contribution in [1.82, 2.24) is 5.32 Å². The van der Waals surface area contributed by atoms with Crippen LogP contribution in [0.4, 0.5) is 0 Å². The Balaban J connectivity index is 4.79. The average molecular weight is 241 g/mol. The third-order valence-electron chi connectivity index (χ3n) is 1.78. The molecular weight excluding hydrogens is 222 g/mol. The minimum atomic E-state index is -0.923. The fourth-order valence-corrected chi connectivity index (χ4v) is 1.11. The first-order valence-corrected chi connectivity index (χ1v) is 5.70. The first kappa shape index (κ1) is 15.0. The third kappa shape index (κ3) is 5.16. The molecule has 0 spiro atoms. The highest BCUT2D eigenvalue weighted by molar-refractivity contribution is 8.01. The molecule has 0 fully saturated rings. The molecule has 0 aromatic carbocycles. The van der Waals surface area contributed by atoms with E-state index in [4.69, 9.17) is 10.9 Å². The van der Waals surface area contributed by atoms with Gasteiger partial charge in [-0.25, -0.2) is 0 Å². The zero-order chi connectivity index (χ0) is 12.8. The second kappa shape index (κ2) is 6.52. The lowest BCUT2D eigenvalue weighted by Gasteiger charge is -2.18.